The van der Waals surface area contributed by atoms with Gasteiger partial charge in [-0.25, -0.2) is 9.97 Å². The monoisotopic (exact) mass is 439 g/mol. The molecule has 0 bridgehead atoms. The molecule has 2 aromatic heterocycles. The van der Waals surface area contributed by atoms with E-state index in [9.17, 15) is 0 Å². The van der Waals surface area contributed by atoms with Gasteiger partial charge in [0.05, 0.1) is 24.6 Å². The number of benzene rings is 2. The van der Waals surface area contributed by atoms with Crippen LogP contribution in [0.2, 0.25) is 0 Å². The van der Waals surface area contributed by atoms with E-state index >= 15 is 0 Å². The Morgan fingerprint density at radius 2 is 1.73 bits per heavy atom. The summed E-state index contributed by atoms with van der Waals surface area (Å²) in [7, 11) is 0. The SMILES string of the molecule is Nc1cc(-c2ccnc(Nc3ccc(-c4cccnc4)cc3)n2)ccc1OC1CCOCC1. The summed E-state index contributed by atoms with van der Waals surface area (Å²) in [5.41, 5.74) is 11.6. The lowest BCUT2D eigenvalue weighted by atomic mass is 10.1. The second-order valence-corrected chi connectivity index (χ2v) is 7.89. The molecule has 2 aromatic carbocycles. The van der Waals surface area contributed by atoms with Crippen LogP contribution in [0.25, 0.3) is 22.4 Å². The summed E-state index contributed by atoms with van der Waals surface area (Å²) in [4.78, 5) is 13.2. The highest BCUT2D eigenvalue weighted by Crippen LogP contribution is 2.30. The minimum atomic E-state index is 0.145. The van der Waals surface area contributed by atoms with Gasteiger partial charge in [-0.1, -0.05) is 18.2 Å². The van der Waals surface area contributed by atoms with E-state index in [1.807, 2.05) is 66.9 Å². The summed E-state index contributed by atoms with van der Waals surface area (Å²) in [6.45, 7) is 1.46. The lowest BCUT2D eigenvalue weighted by Gasteiger charge is -2.24. The molecule has 5 rings (SSSR count). The number of hydrogen-bond donors (Lipinski definition) is 2. The molecule has 0 spiro atoms. The van der Waals surface area contributed by atoms with Gasteiger partial charge in [0.25, 0.3) is 0 Å². The smallest absolute Gasteiger partial charge is 0.227 e. The van der Waals surface area contributed by atoms with Crippen molar-refractivity contribution in [3.05, 3.63) is 79.3 Å². The molecular formula is C26H25N5O2. The summed E-state index contributed by atoms with van der Waals surface area (Å²) in [6, 6.07) is 19.7. The van der Waals surface area contributed by atoms with Gasteiger partial charge in [0.15, 0.2) is 0 Å². The molecule has 1 saturated heterocycles. The van der Waals surface area contributed by atoms with Crippen LogP contribution in [0.5, 0.6) is 5.75 Å². The average molecular weight is 440 g/mol. The Balaban J connectivity index is 1.29. The number of ether oxygens (including phenoxy) is 2. The Labute approximate surface area is 192 Å². The number of pyridine rings is 1. The van der Waals surface area contributed by atoms with E-state index in [0.717, 1.165) is 54.1 Å². The largest absolute Gasteiger partial charge is 0.488 e. The third kappa shape index (κ3) is 5.10. The molecule has 0 amide bonds. The number of aromatic nitrogens is 3. The number of nitrogens with two attached hydrogens (primary N) is 1. The van der Waals surface area contributed by atoms with Gasteiger partial charge in [-0.3, -0.25) is 4.98 Å². The molecule has 7 nitrogen and oxygen atoms in total. The van der Waals surface area contributed by atoms with Crippen molar-refractivity contribution in [1.82, 2.24) is 15.0 Å². The second-order valence-electron chi connectivity index (χ2n) is 7.89. The van der Waals surface area contributed by atoms with Gasteiger partial charge in [0, 0.05) is 42.7 Å². The molecule has 0 aliphatic carbocycles. The zero-order valence-corrected chi connectivity index (χ0v) is 18.1. The summed E-state index contributed by atoms with van der Waals surface area (Å²) in [6.07, 6.45) is 7.25. The van der Waals surface area contributed by atoms with E-state index in [2.05, 4.69) is 20.3 Å². The van der Waals surface area contributed by atoms with Crippen molar-refractivity contribution < 1.29 is 9.47 Å². The fourth-order valence-electron chi connectivity index (χ4n) is 3.78. The Morgan fingerprint density at radius 3 is 2.48 bits per heavy atom. The van der Waals surface area contributed by atoms with Crippen LogP contribution in [0, 0.1) is 0 Å². The molecule has 0 saturated carbocycles. The number of rotatable bonds is 6. The summed E-state index contributed by atoms with van der Waals surface area (Å²) < 4.78 is 11.5. The van der Waals surface area contributed by atoms with Crippen LogP contribution in [0.4, 0.5) is 17.3 Å². The molecule has 4 aromatic rings. The molecule has 166 valence electrons. The Bertz CT molecular complexity index is 1210. The fourth-order valence-corrected chi connectivity index (χ4v) is 3.78. The van der Waals surface area contributed by atoms with Gasteiger partial charge >= 0.3 is 0 Å². The van der Waals surface area contributed by atoms with Gasteiger partial charge in [-0.15, -0.1) is 0 Å². The number of anilines is 3. The molecule has 7 heteroatoms. The fraction of sp³-hybridized carbons (Fsp3) is 0.192. The first-order valence-corrected chi connectivity index (χ1v) is 11.0. The van der Waals surface area contributed by atoms with Crippen molar-refractivity contribution in [3.8, 4) is 28.1 Å². The Morgan fingerprint density at radius 1 is 0.909 bits per heavy atom. The van der Waals surface area contributed by atoms with Crippen molar-refractivity contribution in [3.63, 3.8) is 0 Å². The molecule has 3 N–H and O–H groups in total. The first-order valence-electron chi connectivity index (χ1n) is 11.0. The number of nitrogens with one attached hydrogen (secondary N) is 1. The van der Waals surface area contributed by atoms with Gasteiger partial charge in [0.1, 0.15) is 11.9 Å². The van der Waals surface area contributed by atoms with Gasteiger partial charge < -0.3 is 20.5 Å². The highest BCUT2D eigenvalue weighted by molar-refractivity contribution is 5.70. The third-order valence-electron chi connectivity index (χ3n) is 5.56. The van der Waals surface area contributed by atoms with Crippen molar-refractivity contribution in [1.29, 1.82) is 0 Å². The summed E-state index contributed by atoms with van der Waals surface area (Å²) >= 11 is 0. The maximum absolute atomic E-state index is 6.28. The van der Waals surface area contributed by atoms with Crippen molar-refractivity contribution in [2.24, 2.45) is 0 Å². The van der Waals surface area contributed by atoms with Crippen LogP contribution in [-0.4, -0.2) is 34.3 Å². The van der Waals surface area contributed by atoms with E-state index in [0.29, 0.717) is 17.4 Å². The van der Waals surface area contributed by atoms with Gasteiger partial charge in [0.2, 0.25) is 5.95 Å². The molecule has 33 heavy (non-hydrogen) atoms. The normalized spacial score (nSPS) is 14.1. The quantitative estimate of drug-likeness (QED) is 0.404. The van der Waals surface area contributed by atoms with Crippen LogP contribution >= 0.6 is 0 Å². The van der Waals surface area contributed by atoms with Crippen LogP contribution in [0.15, 0.2) is 79.3 Å². The minimum absolute atomic E-state index is 0.145. The highest BCUT2D eigenvalue weighted by Gasteiger charge is 2.17. The number of nitrogens with zero attached hydrogens (tertiary/aromatic N) is 3. The van der Waals surface area contributed by atoms with Crippen molar-refractivity contribution >= 4 is 17.3 Å². The highest BCUT2D eigenvalue weighted by atomic mass is 16.5. The maximum atomic E-state index is 6.28. The zero-order valence-electron chi connectivity index (χ0n) is 18.1. The van der Waals surface area contributed by atoms with Crippen molar-refractivity contribution in [2.75, 3.05) is 24.3 Å². The van der Waals surface area contributed by atoms with Gasteiger partial charge in [-0.2, -0.15) is 0 Å². The Kier molecular flexibility index (Phi) is 6.12. The molecular weight excluding hydrogens is 414 g/mol. The van der Waals surface area contributed by atoms with Gasteiger partial charge in [-0.05, 0) is 53.6 Å². The third-order valence-corrected chi connectivity index (χ3v) is 5.56. The zero-order chi connectivity index (χ0) is 22.5. The van der Waals surface area contributed by atoms with E-state index < -0.39 is 0 Å². The molecule has 0 radical (unpaired) electrons. The van der Waals surface area contributed by atoms with Crippen LogP contribution < -0.4 is 15.8 Å². The minimum Gasteiger partial charge on any atom is -0.488 e. The molecule has 1 fully saturated rings. The number of hydrogen-bond acceptors (Lipinski definition) is 7. The lowest BCUT2D eigenvalue weighted by Crippen LogP contribution is -2.26. The molecule has 0 atom stereocenters. The van der Waals surface area contributed by atoms with E-state index in [1.54, 1.807) is 12.4 Å². The van der Waals surface area contributed by atoms with E-state index in [-0.39, 0.29) is 6.10 Å². The molecule has 0 unspecified atom stereocenters. The molecule has 1 aliphatic rings. The lowest BCUT2D eigenvalue weighted by molar-refractivity contribution is 0.0259. The molecule has 1 aliphatic heterocycles. The first-order chi connectivity index (χ1) is 16.2. The maximum Gasteiger partial charge on any atom is 0.227 e. The van der Waals surface area contributed by atoms with Crippen LogP contribution in [0.3, 0.4) is 0 Å². The standard InChI is InChI=1S/C26H25N5O2/c27-23-16-19(5-8-25(23)33-22-10-14-32-15-11-22)24-9-13-29-26(31-24)30-21-6-3-18(4-7-21)20-2-1-12-28-17-20/h1-9,12-13,16-17,22H,10-11,14-15,27H2,(H,29,30,31). The van der Waals surface area contributed by atoms with E-state index in [1.165, 1.54) is 0 Å². The predicted molar refractivity (Wildman–Crippen MR) is 129 cm³/mol. The molecule has 3 heterocycles. The Hall–Kier alpha value is -3.97. The van der Waals surface area contributed by atoms with Crippen LogP contribution in [0.1, 0.15) is 12.8 Å². The topological polar surface area (TPSA) is 95.2 Å². The first kappa shape index (κ1) is 20.9. The van der Waals surface area contributed by atoms with Crippen molar-refractivity contribution in [2.45, 2.75) is 18.9 Å². The summed E-state index contributed by atoms with van der Waals surface area (Å²) in [5.74, 6) is 1.22. The van der Waals surface area contributed by atoms with Crippen LogP contribution in [-0.2, 0) is 4.74 Å². The number of nitrogen functional groups attached to an aromatic ring is 1. The summed E-state index contributed by atoms with van der Waals surface area (Å²) in [5, 5.41) is 3.27. The second kappa shape index (κ2) is 9.67. The van der Waals surface area contributed by atoms with E-state index in [4.69, 9.17) is 15.2 Å². The predicted octanol–water partition coefficient (Wildman–Crippen LogP) is 5.09. The average Bonchev–Trinajstić information content (AvgIpc) is 2.87.